The maximum atomic E-state index is 11.4. The average molecular weight is 214 g/mol. The van der Waals surface area contributed by atoms with Crippen molar-refractivity contribution in [2.45, 2.75) is 59.4 Å². The molecule has 0 aromatic heterocycles. The van der Waals surface area contributed by atoms with Crippen molar-refractivity contribution >= 4 is 6.03 Å². The molecule has 0 aliphatic heterocycles. The number of hydrogen-bond donors (Lipinski definition) is 2. The molecule has 0 aliphatic carbocycles. The third-order valence-electron chi connectivity index (χ3n) is 2.93. The molecule has 1 atom stereocenters. The van der Waals surface area contributed by atoms with Crippen LogP contribution >= 0.6 is 0 Å². The highest BCUT2D eigenvalue weighted by Crippen LogP contribution is 2.12. The summed E-state index contributed by atoms with van der Waals surface area (Å²) in [5, 5.41) is 5.86. The molecular weight excluding hydrogens is 188 g/mol. The standard InChI is InChI=1S/C12H26N2O/c1-5-8-9-13-12(15)14-10(4)11(6-2)7-3/h10-11H,5-9H2,1-4H3,(H2,13,14,15). The molecule has 0 saturated heterocycles. The lowest BCUT2D eigenvalue weighted by atomic mass is 9.96. The van der Waals surface area contributed by atoms with Crippen molar-refractivity contribution < 1.29 is 4.79 Å². The van der Waals surface area contributed by atoms with Gasteiger partial charge >= 0.3 is 6.03 Å². The van der Waals surface area contributed by atoms with Crippen LogP contribution in [0, 0.1) is 5.92 Å². The summed E-state index contributed by atoms with van der Waals surface area (Å²) in [7, 11) is 0. The van der Waals surface area contributed by atoms with Crippen LogP contribution in [0.25, 0.3) is 0 Å². The van der Waals surface area contributed by atoms with Crippen LogP contribution in [0.1, 0.15) is 53.4 Å². The smallest absolute Gasteiger partial charge is 0.315 e. The molecule has 1 unspecified atom stereocenters. The molecule has 90 valence electrons. The lowest BCUT2D eigenvalue weighted by molar-refractivity contribution is 0.231. The Balaban J connectivity index is 3.74. The van der Waals surface area contributed by atoms with E-state index in [0.717, 1.165) is 32.2 Å². The molecule has 0 heterocycles. The Morgan fingerprint density at radius 2 is 1.80 bits per heavy atom. The van der Waals surface area contributed by atoms with Crippen LogP contribution in [0.3, 0.4) is 0 Å². The van der Waals surface area contributed by atoms with Gasteiger partial charge in [-0.25, -0.2) is 4.79 Å². The molecule has 0 spiro atoms. The molecule has 0 rings (SSSR count). The van der Waals surface area contributed by atoms with E-state index in [4.69, 9.17) is 0 Å². The quantitative estimate of drug-likeness (QED) is 0.629. The molecule has 0 fully saturated rings. The van der Waals surface area contributed by atoms with Crippen molar-refractivity contribution in [2.75, 3.05) is 6.54 Å². The first-order chi connectivity index (χ1) is 7.15. The first-order valence-electron chi connectivity index (χ1n) is 6.19. The largest absolute Gasteiger partial charge is 0.338 e. The van der Waals surface area contributed by atoms with Crippen LogP contribution in [-0.4, -0.2) is 18.6 Å². The molecule has 0 aromatic carbocycles. The van der Waals surface area contributed by atoms with Crippen molar-refractivity contribution in [3.8, 4) is 0 Å². The van der Waals surface area contributed by atoms with E-state index in [-0.39, 0.29) is 12.1 Å². The number of unbranched alkanes of at least 4 members (excludes halogenated alkanes) is 1. The van der Waals surface area contributed by atoms with Gasteiger partial charge in [-0.3, -0.25) is 0 Å². The molecule has 0 bridgehead atoms. The minimum Gasteiger partial charge on any atom is -0.338 e. The number of hydrogen-bond acceptors (Lipinski definition) is 1. The monoisotopic (exact) mass is 214 g/mol. The van der Waals surface area contributed by atoms with Gasteiger partial charge in [0.05, 0.1) is 0 Å². The van der Waals surface area contributed by atoms with Gasteiger partial charge in [-0.2, -0.15) is 0 Å². The average Bonchev–Trinajstić information content (AvgIpc) is 2.20. The summed E-state index contributed by atoms with van der Waals surface area (Å²) in [6.07, 6.45) is 4.40. The molecule has 3 heteroatoms. The van der Waals surface area contributed by atoms with Crippen LogP contribution in [0.2, 0.25) is 0 Å². The van der Waals surface area contributed by atoms with Crippen molar-refractivity contribution in [2.24, 2.45) is 5.92 Å². The third kappa shape index (κ3) is 6.37. The van der Waals surface area contributed by atoms with E-state index in [1.165, 1.54) is 0 Å². The summed E-state index contributed by atoms with van der Waals surface area (Å²) < 4.78 is 0. The lowest BCUT2D eigenvalue weighted by Crippen LogP contribution is -2.44. The number of carbonyl (C=O) groups is 1. The molecule has 0 radical (unpaired) electrons. The highest BCUT2D eigenvalue weighted by Gasteiger charge is 2.14. The molecule has 2 amide bonds. The highest BCUT2D eigenvalue weighted by molar-refractivity contribution is 5.74. The summed E-state index contributed by atoms with van der Waals surface area (Å²) in [6.45, 7) is 9.31. The topological polar surface area (TPSA) is 41.1 Å². The molecule has 0 saturated carbocycles. The Morgan fingerprint density at radius 1 is 1.20 bits per heavy atom. The molecule has 3 nitrogen and oxygen atoms in total. The van der Waals surface area contributed by atoms with E-state index < -0.39 is 0 Å². The van der Waals surface area contributed by atoms with E-state index in [9.17, 15) is 4.79 Å². The molecular formula is C12H26N2O. The maximum absolute atomic E-state index is 11.4. The van der Waals surface area contributed by atoms with Gasteiger partial charge in [0, 0.05) is 12.6 Å². The second kappa shape index (κ2) is 8.57. The Hall–Kier alpha value is -0.730. The molecule has 0 aromatic rings. The zero-order chi connectivity index (χ0) is 11.7. The Bertz CT molecular complexity index is 167. The van der Waals surface area contributed by atoms with E-state index in [1.54, 1.807) is 0 Å². The number of carbonyl (C=O) groups excluding carboxylic acids is 1. The zero-order valence-corrected chi connectivity index (χ0v) is 10.6. The fourth-order valence-corrected chi connectivity index (χ4v) is 1.75. The predicted molar refractivity (Wildman–Crippen MR) is 65.0 cm³/mol. The number of nitrogens with one attached hydrogen (secondary N) is 2. The van der Waals surface area contributed by atoms with Crippen LogP contribution in [0.4, 0.5) is 4.79 Å². The second-order valence-corrected chi connectivity index (χ2v) is 4.12. The first kappa shape index (κ1) is 14.3. The Labute approximate surface area is 94.0 Å². The van der Waals surface area contributed by atoms with E-state index >= 15 is 0 Å². The van der Waals surface area contributed by atoms with Gasteiger partial charge in [0.1, 0.15) is 0 Å². The second-order valence-electron chi connectivity index (χ2n) is 4.12. The van der Waals surface area contributed by atoms with Crippen LogP contribution in [0.15, 0.2) is 0 Å². The number of amides is 2. The first-order valence-corrected chi connectivity index (χ1v) is 6.19. The predicted octanol–water partition coefficient (Wildman–Crippen LogP) is 2.91. The summed E-state index contributed by atoms with van der Waals surface area (Å²) in [4.78, 5) is 11.4. The summed E-state index contributed by atoms with van der Waals surface area (Å²) in [5.74, 6) is 0.585. The maximum Gasteiger partial charge on any atom is 0.315 e. The summed E-state index contributed by atoms with van der Waals surface area (Å²) in [5.41, 5.74) is 0. The van der Waals surface area contributed by atoms with Gasteiger partial charge in [-0.15, -0.1) is 0 Å². The van der Waals surface area contributed by atoms with Crippen molar-refractivity contribution in [3.05, 3.63) is 0 Å². The van der Waals surface area contributed by atoms with E-state index in [1.807, 2.05) is 0 Å². The Kier molecular flexibility index (Phi) is 8.15. The van der Waals surface area contributed by atoms with Crippen LogP contribution < -0.4 is 10.6 Å². The van der Waals surface area contributed by atoms with Gasteiger partial charge in [0.15, 0.2) is 0 Å². The molecule has 0 aliphatic rings. The van der Waals surface area contributed by atoms with Crippen LogP contribution in [0.5, 0.6) is 0 Å². The van der Waals surface area contributed by atoms with E-state index in [0.29, 0.717) is 5.92 Å². The van der Waals surface area contributed by atoms with Gasteiger partial charge in [-0.05, 0) is 19.3 Å². The van der Waals surface area contributed by atoms with Gasteiger partial charge in [-0.1, -0.05) is 40.0 Å². The fraction of sp³-hybridized carbons (Fsp3) is 0.917. The van der Waals surface area contributed by atoms with Crippen molar-refractivity contribution in [3.63, 3.8) is 0 Å². The minimum absolute atomic E-state index is 0.0251. The van der Waals surface area contributed by atoms with Crippen LogP contribution in [-0.2, 0) is 0 Å². The highest BCUT2D eigenvalue weighted by atomic mass is 16.2. The lowest BCUT2D eigenvalue weighted by Gasteiger charge is -2.22. The number of rotatable bonds is 7. The van der Waals surface area contributed by atoms with Crippen molar-refractivity contribution in [1.82, 2.24) is 10.6 Å². The Morgan fingerprint density at radius 3 is 2.27 bits per heavy atom. The third-order valence-corrected chi connectivity index (χ3v) is 2.93. The van der Waals surface area contributed by atoms with Gasteiger partial charge < -0.3 is 10.6 Å². The summed E-state index contributed by atoms with van der Waals surface area (Å²) >= 11 is 0. The normalized spacial score (nSPS) is 12.6. The SMILES string of the molecule is CCCCNC(=O)NC(C)C(CC)CC. The fourth-order valence-electron chi connectivity index (χ4n) is 1.75. The van der Waals surface area contributed by atoms with Crippen molar-refractivity contribution in [1.29, 1.82) is 0 Å². The summed E-state index contributed by atoms with van der Waals surface area (Å²) in [6, 6.07) is 0.240. The zero-order valence-electron chi connectivity index (χ0n) is 10.6. The molecule has 2 N–H and O–H groups in total. The van der Waals surface area contributed by atoms with Gasteiger partial charge in [0.25, 0.3) is 0 Å². The molecule has 15 heavy (non-hydrogen) atoms. The van der Waals surface area contributed by atoms with E-state index in [2.05, 4.69) is 38.3 Å². The minimum atomic E-state index is -0.0251. The van der Waals surface area contributed by atoms with Gasteiger partial charge in [0.2, 0.25) is 0 Å². The number of urea groups is 1.